The van der Waals surface area contributed by atoms with Crippen molar-refractivity contribution >= 4 is 16.7 Å². The molecule has 0 aliphatic heterocycles. The van der Waals surface area contributed by atoms with Gasteiger partial charge in [0.15, 0.2) is 0 Å². The van der Waals surface area contributed by atoms with Gasteiger partial charge in [-0.15, -0.1) is 0 Å². The third-order valence-electron chi connectivity index (χ3n) is 5.20. The Morgan fingerprint density at radius 3 is 2.33 bits per heavy atom. The van der Waals surface area contributed by atoms with Crippen molar-refractivity contribution in [1.82, 2.24) is 4.72 Å². The smallest absolute Gasteiger partial charge is 0.146 e. The zero-order chi connectivity index (χ0) is 19.7. The van der Waals surface area contributed by atoms with Crippen LogP contribution < -0.4 is 10.5 Å². The van der Waals surface area contributed by atoms with Gasteiger partial charge >= 0.3 is 0 Å². The molecule has 146 valence electrons. The number of hydrogen-bond donors (Lipinski definition) is 2. The second-order valence-electron chi connectivity index (χ2n) is 8.47. The minimum Gasteiger partial charge on any atom is -0.396 e. The number of nitrogens with two attached hydrogens (primary N) is 1. The Morgan fingerprint density at radius 2 is 1.78 bits per heavy atom. The molecule has 1 aliphatic rings. The van der Waals surface area contributed by atoms with Crippen molar-refractivity contribution in [1.29, 1.82) is 0 Å². The average Bonchev–Trinajstić information content (AvgIpc) is 3.45. The molecule has 1 aliphatic carbocycles. The molecule has 1 saturated carbocycles. The van der Waals surface area contributed by atoms with Gasteiger partial charge in [0.25, 0.3) is 0 Å². The highest BCUT2D eigenvalue weighted by atomic mass is 32.2. The summed E-state index contributed by atoms with van der Waals surface area (Å²) in [6.07, 6.45) is 4.31. The van der Waals surface area contributed by atoms with Crippen molar-refractivity contribution in [3.8, 4) is 0 Å². The molecular weight excluding hydrogens is 359 g/mol. The molecule has 27 heavy (non-hydrogen) atoms. The maximum atomic E-state index is 13.9. The molecule has 3 rings (SSSR count). The van der Waals surface area contributed by atoms with Gasteiger partial charge in [-0.1, -0.05) is 49.2 Å². The van der Waals surface area contributed by atoms with Gasteiger partial charge in [-0.05, 0) is 62.8 Å². The standard InChI is InChI=1S/C22H29FN2OS/c1-21(2,3)27(26)25-22(14-13-16-9-10-16,17-7-5-4-6-8-17)18-11-12-19(23)20(24)15-18/h4-8,11-12,15-16,25H,9-10,13-14,24H2,1-3H3/t22?,27-/m0/s1. The van der Waals surface area contributed by atoms with Gasteiger partial charge in [-0.25, -0.2) is 13.3 Å². The quantitative estimate of drug-likeness (QED) is 0.663. The minimum atomic E-state index is -1.30. The third kappa shape index (κ3) is 4.58. The summed E-state index contributed by atoms with van der Waals surface area (Å²) >= 11 is 0. The molecule has 1 unspecified atom stereocenters. The summed E-state index contributed by atoms with van der Waals surface area (Å²) in [6, 6.07) is 14.9. The van der Waals surface area contributed by atoms with Crippen molar-refractivity contribution in [3.63, 3.8) is 0 Å². The zero-order valence-corrected chi connectivity index (χ0v) is 17.1. The first-order chi connectivity index (χ1) is 12.7. The molecule has 2 aromatic carbocycles. The lowest BCUT2D eigenvalue weighted by Gasteiger charge is -2.38. The zero-order valence-electron chi connectivity index (χ0n) is 16.3. The predicted octanol–water partition coefficient (Wildman–Crippen LogP) is 4.89. The van der Waals surface area contributed by atoms with E-state index in [0.717, 1.165) is 29.9 Å². The monoisotopic (exact) mass is 388 g/mol. The van der Waals surface area contributed by atoms with Crippen LogP contribution in [0.3, 0.4) is 0 Å². The molecule has 2 atom stereocenters. The summed E-state index contributed by atoms with van der Waals surface area (Å²) in [5.74, 6) is 0.288. The topological polar surface area (TPSA) is 55.1 Å². The molecule has 0 spiro atoms. The summed E-state index contributed by atoms with van der Waals surface area (Å²) in [5, 5.41) is 0. The van der Waals surface area contributed by atoms with Gasteiger partial charge in [-0.3, -0.25) is 0 Å². The molecule has 0 radical (unpaired) electrons. The number of hydrogen-bond acceptors (Lipinski definition) is 2. The van der Waals surface area contributed by atoms with Crippen molar-refractivity contribution in [3.05, 3.63) is 65.5 Å². The Kier molecular flexibility index (Phi) is 5.73. The first-order valence-electron chi connectivity index (χ1n) is 9.53. The van der Waals surface area contributed by atoms with Crippen LogP contribution in [0.2, 0.25) is 0 Å². The first-order valence-corrected chi connectivity index (χ1v) is 10.7. The van der Waals surface area contributed by atoms with E-state index in [1.165, 1.54) is 18.9 Å². The predicted molar refractivity (Wildman–Crippen MR) is 111 cm³/mol. The highest BCUT2D eigenvalue weighted by molar-refractivity contribution is 7.84. The summed E-state index contributed by atoms with van der Waals surface area (Å²) < 4.78 is 30.0. The second kappa shape index (κ2) is 7.72. The number of benzene rings is 2. The van der Waals surface area contributed by atoms with E-state index < -0.39 is 27.1 Å². The Balaban J connectivity index is 2.13. The molecule has 2 aromatic rings. The summed E-state index contributed by atoms with van der Waals surface area (Å²) in [7, 11) is -1.30. The number of rotatable bonds is 7. The van der Waals surface area contributed by atoms with E-state index in [4.69, 9.17) is 5.73 Å². The van der Waals surface area contributed by atoms with Gasteiger partial charge in [0.1, 0.15) is 5.82 Å². The fourth-order valence-corrected chi connectivity index (χ4v) is 4.26. The highest BCUT2D eigenvalue weighted by Crippen LogP contribution is 2.42. The van der Waals surface area contributed by atoms with E-state index in [1.54, 1.807) is 12.1 Å². The number of halogens is 1. The average molecular weight is 389 g/mol. The largest absolute Gasteiger partial charge is 0.396 e. The van der Waals surface area contributed by atoms with Gasteiger partial charge in [-0.2, -0.15) is 0 Å². The molecule has 0 saturated heterocycles. The highest BCUT2D eigenvalue weighted by Gasteiger charge is 2.39. The lowest BCUT2D eigenvalue weighted by molar-refractivity contribution is 0.415. The molecular formula is C22H29FN2OS. The van der Waals surface area contributed by atoms with Crippen LogP contribution in [-0.4, -0.2) is 8.96 Å². The van der Waals surface area contributed by atoms with Gasteiger partial charge in [0.05, 0.1) is 27.0 Å². The SMILES string of the molecule is CC(C)(C)[S@](=O)NC(CCC1CC1)(c1ccccc1)c1ccc(F)c(N)c1. The summed E-state index contributed by atoms with van der Waals surface area (Å²) in [6.45, 7) is 5.85. The van der Waals surface area contributed by atoms with E-state index in [0.29, 0.717) is 0 Å². The Labute approximate surface area is 164 Å². The maximum absolute atomic E-state index is 13.9. The molecule has 3 N–H and O–H groups in total. The summed E-state index contributed by atoms with van der Waals surface area (Å²) in [4.78, 5) is 0. The van der Waals surface area contributed by atoms with Crippen molar-refractivity contribution < 1.29 is 8.60 Å². The number of nitrogen functional groups attached to an aromatic ring is 1. The molecule has 0 amide bonds. The number of nitrogens with one attached hydrogen (secondary N) is 1. The molecule has 0 aromatic heterocycles. The molecule has 0 bridgehead atoms. The van der Waals surface area contributed by atoms with Crippen LogP contribution >= 0.6 is 0 Å². The minimum absolute atomic E-state index is 0.113. The maximum Gasteiger partial charge on any atom is 0.146 e. The molecule has 5 heteroatoms. The Hall–Kier alpha value is -1.72. The van der Waals surface area contributed by atoms with E-state index in [9.17, 15) is 8.60 Å². The molecule has 3 nitrogen and oxygen atoms in total. The lowest BCUT2D eigenvalue weighted by Crippen LogP contribution is -2.49. The fourth-order valence-electron chi connectivity index (χ4n) is 3.29. The van der Waals surface area contributed by atoms with Crippen LogP contribution in [0.4, 0.5) is 10.1 Å². The van der Waals surface area contributed by atoms with Crippen LogP contribution in [0, 0.1) is 11.7 Å². The summed E-state index contributed by atoms with van der Waals surface area (Å²) in [5.41, 5.74) is 7.21. The molecule has 1 fully saturated rings. The third-order valence-corrected chi connectivity index (χ3v) is 6.85. The number of anilines is 1. The van der Waals surface area contributed by atoms with E-state index >= 15 is 0 Å². The van der Waals surface area contributed by atoms with E-state index in [-0.39, 0.29) is 5.69 Å². The van der Waals surface area contributed by atoms with Crippen LogP contribution in [0.1, 0.15) is 57.6 Å². The van der Waals surface area contributed by atoms with Crippen LogP contribution in [0.5, 0.6) is 0 Å². The van der Waals surface area contributed by atoms with Gasteiger partial charge < -0.3 is 5.73 Å². The van der Waals surface area contributed by atoms with Gasteiger partial charge in [0, 0.05) is 0 Å². The van der Waals surface area contributed by atoms with Crippen molar-refractivity contribution in [2.24, 2.45) is 5.92 Å². The van der Waals surface area contributed by atoms with Crippen LogP contribution in [-0.2, 0) is 16.5 Å². The van der Waals surface area contributed by atoms with Gasteiger partial charge in [0.2, 0.25) is 0 Å². The fraction of sp³-hybridized carbons (Fsp3) is 0.455. The van der Waals surface area contributed by atoms with Crippen molar-refractivity contribution in [2.75, 3.05) is 5.73 Å². The Morgan fingerprint density at radius 1 is 1.11 bits per heavy atom. The second-order valence-corrected chi connectivity index (χ2v) is 10.4. The van der Waals surface area contributed by atoms with Crippen molar-refractivity contribution in [2.45, 2.75) is 56.7 Å². The van der Waals surface area contributed by atoms with E-state index in [2.05, 4.69) is 4.72 Å². The Bertz CT molecular complexity index is 815. The molecule has 0 heterocycles. The van der Waals surface area contributed by atoms with E-state index in [1.807, 2.05) is 51.1 Å². The first kappa shape index (κ1) is 20.0. The lowest BCUT2D eigenvalue weighted by atomic mass is 9.79. The normalized spacial score (nSPS) is 18.1. The van der Waals surface area contributed by atoms with Crippen LogP contribution in [0.15, 0.2) is 48.5 Å². The van der Waals surface area contributed by atoms with Crippen LogP contribution in [0.25, 0.3) is 0 Å².